The van der Waals surface area contributed by atoms with E-state index in [2.05, 4.69) is 15.9 Å². The van der Waals surface area contributed by atoms with Crippen molar-refractivity contribution in [2.75, 3.05) is 0 Å². The molecule has 0 unspecified atom stereocenters. The third-order valence-electron chi connectivity index (χ3n) is 1.50. The number of hydrogen-bond acceptors (Lipinski definition) is 1. The van der Waals surface area contributed by atoms with Crippen molar-refractivity contribution in [1.29, 1.82) is 0 Å². The largest absolute Gasteiger partial charge is 0.392 e. The number of rotatable bonds is 1. The van der Waals surface area contributed by atoms with Crippen LogP contribution in [-0.2, 0) is 6.61 Å². The summed E-state index contributed by atoms with van der Waals surface area (Å²) in [5, 5.41) is 9.58. The minimum Gasteiger partial charge on any atom is -0.392 e. The number of hydrogen-bond donors (Lipinski definition) is 1. The Bertz CT molecular complexity index is 273. The van der Waals surface area contributed by atoms with Gasteiger partial charge in [0.1, 0.15) is 0 Å². The van der Waals surface area contributed by atoms with E-state index < -0.39 is 0 Å². The monoisotopic (exact) mass is 234 g/mol. The van der Waals surface area contributed by atoms with Crippen molar-refractivity contribution in [3.05, 3.63) is 32.8 Å². The van der Waals surface area contributed by atoms with Crippen LogP contribution in [0.15, 0.2) is 16.6 Å². The molecular formula is C8H8BrClO. The van der Waals surface area contributed by atoms with Crippen molar-refractivity contribution < 1.29 is 5.11 Å². The molecule has 0 aromatic heterocycles. The van der Waals surface area contributed by atoms with Crippen LogP contribution in [0.3, 0.4) is 0 Å². The first-order valence-electron chi connectivity index (χ1n) is 3.20. The van der Waals surface area contributed by atoms with Gasteiger partial charge in [0.05, 0.1) is 6.61 Å². The van der Waals surface area contributed by atoms with E-state index in [9.17, 15) is 0 Å². The molecule has 0 aliphatic rings. The summed E-state index contributed by atoms with van der Waals surface area (Å²) in [6, 6.07) is 3.66. The lowest BCUT2D eigenvalue weighted by molar-refractivity contribution is 0.281. The molecule has 0 aliphatic heterocycles. The minimum atomic E-state index is 0.0403. The molecule has 0 amide bonds. The first-order chi connectivity index (χ1) is 5.15. The first-order valence-corrected chi connectivity index (χ1v) is 4.37. The summed E-state index contributed by atoms with van der Waals surface area (Å²) in [6.07, 6.45) is 0. The zero-order valence-corrected chi connectivity index (χ0v) is 8.41. The van der Waals surface area contributed by atoms with Crippen LogP contribution in [0.25, 0.3) is 0 Å². The van der Waals surface area contributed by atoms with E-state index in [1.165, 1.54) is 0 Å². The van der Waals surface area contributed by atoms with Crippen LogP contribution in [0.2, 0.25) is 5.02 Å². The molecule has 0 bridgehead atoms. The fourth-order valence-electron chi connectivity index (χ4n) is 0.838. The van der Waals surface area contributed by atoms with Crippen molar-refractivity contribution >= 4 is 27.5 Å². The average molecular weight is 236 g/mol. The van der Waals surface area contributed by atoms with E-state index in [-0.39, 0.29) is 6.61 Å². The summed E-state index contributed by atoms with van der Waals surface area (Å²) >= 11 is 9.13. The lowest BCUT2D eigenvalue weighted by Gasteiger charge is -2.03. The molecule has 1 aromatic rings. The molecule has 0 saturated carbocycles. The summed E-state index contributed by atoms with van der Waals surface area (Å²) in [5.74, 6) is 0. The van der Waals surface area contributed by atoms with Gasteiger partial charge in [-0.05, 0) is 24.1 Å². The van der Waals surface area contributed by atoms with Crippen LogP contribution < -0.4 is 0 Å². The van der Waals surface area contributed by atoms with Gasteiger partial charge < -0.3 is 5.11 Å². The van der Waals surface area contributed by atoms with Gasteiger partial charge in [-0.3, -0.25) is 0 Å². The Hall–Kier alpha value is -0.0500. The lowest BCUT2D eigenvalue weighted by Crippen LogP contribution is -1.87. The molecule has 1 aromatic carbocycles. The predicted octanol–water partition coefficient (Wildman–Crippen LogP) is 2.90. The quantitative estimate of drug-likeness (QED) is 0.793. The summed E-state index contributed by atoms with van der Waals surface area (Å²) in [5.41, 5.74) is 1.85. The van der Waals surface area contributed by atoms with Crippen molar-refractivity contribution in [2.24, 2.45) is 0 Å². The third-order valence-corrected chi connectivity index (χ3v) is 2.64. The average Bonchev–Trinajstić information content (AvgIpc) is 1.97. The van der Waals surface area contributed by atoms with E-state index in [1.54, 1.807) is 6.07 Å². The van der Waals surface area contributed by atoms with E-state index in [1.807, 2.05) is 13.0 Å². The number of aliphatic hydroxyl groups excluding tert-OH is 1. The summed E-state index contributed by atoms with van der Waals surface area (Å²) in [7, 11) is 0. The van der Waals surface area contributed by atoms with Gasteiger partial charge in [-0.2, -0.15) is 0 Å². The van der Waals surface area contributed by atoms with E-state index in [4.69, 9.17) is 16.7 Å². The molecule has 0 fully saturated rings. The smallest absolute Gasteiger partial charge is 0.0692 e. The van der Waals surface area contributed by atoms with E-state index in [0.717, 1.165) is 15.6 Å². The van der Waals surface area contributed by atoms with Gasteiger partial charge in [0.15, 0.2) is 0 Å². The summed E-state index contributed by atoms with van der Waals surface area (Å²) < 4.78 is 0.857. The molecule has 0 aliphatic carbocycles. The van der Waals surface area contributed by atoms with Crippen molar-refractivity contribution in [3.63, 3.8) is 0 Å². The van der Waals surface area contributed by atoms with Crippen LogP contribution in [0, 0.1) is 6.92 Å². The fourth-order valence-corrected chi connectivity index (χ4v) is 1.60. The number of aliphatic hydroxyl groups is 1. The molecule has 0 atom stereocenters. The fraction of sp³-hybridized carbons (Fsp3) is 0.250. The summed E-state index contributed by atoms with van der Waals surface area (Å²) in [6.45, 7) is 1.95. The Morgan fingerprint density at radius 2 is 2.18 bits per heavy atom. The van der Waals surface area contributed by atoms with E-state index >= 15 is 0 Å². The summed E-state index contributed by atoms with van der Waals surface area (Å²) in [4.78, 5) is 0. The van der Waals surface area contributed by atoms with Crippen LogP contribution in [0.4, 0.5) is 0 Å². The van der Waals surface area contributed by atoms with Gasteiger partial charge in [-0.15, -0.1) is 0 Å². The Morgan fingerprint density at radius 3 is 2.73 bits per heavy atom. The molecule has 1 nitrogen and oxygen atoms in total. The Balaban J connectivity index is 3.21. The second-order valence-electron chi connectivity index (χ2n) is 2.35. The van der Waals surface area contributed by atoms with Crippen molar-refractivity contribution in [3.8, 4) is 0 Å². The van der Waals surface area contributed by atoms with Gasteiger partial charge in [-0.25, -0.2) is 0 Å². The maximum absolute atomic E-state index is 8.86. The Labute approximate surface area is 79.1 Å². The normalized spacial score (nSPS) is 10.2. The van der Waals surface area contributed by atoms with Gasteiger partial charge in [-0.1, -0.05) is 33.6 Å². The van der Waals surface area contributed by atoms with E-state index in [0.29, 0.717) is 5.02 Å². The predicted molar refractivity (Wildman–Crippen MR) is 49.8 cm³/mol. The van der Waals surface area contributed by atoms with Gasteiger partial charge in [0.25, 0.3) is 0 Å². The SMILES string of the molecule is Cc1cc(CO)c(Br)cc1Cl. The zero-order valence-electron chi connectivity index (χ0n) is 6.06. The van der Waals surface area contributed by atoms with Gasteiger partial charge >= 0.3 is 0 Å². The topological polar surface area (TPSA) is 20.2 Å². The van der Waals surface area contributed by atoms with Crippen molar-refractivity contribution in [1.82, 2.24) is 0 Å². The highest BCUT2D eigenvalue weighted by Crippen LogP contribution is 2.24. The minimum absolute atomic E-state index is 0.0403. The number of halogens is 2. The maximum Gasteiger partial charge on any atom is 0.0692 e. The molecule has 1 rings (SSSR count). The number of benzene rings is 1. The molecular weight excluding hydrogens is 227 g/mol. The Morgan fingerprint density at radius 1 is 1.55 bits per heavy atom. The first kappa shape index (κ1) is 9.04. The van der Waals surface area contributed by atoms with Gasteiger partial charge in [0.2, 0.25) is 0 Å². The van der Waals surface area contributed by atoms with Crippen molar-refractivity contribution in [2.45, 2.75) is 13.5 Å². The molecule has 0 radical (unpaired) electrons. The second-order valence-corrected chi connectivity index (χ2v) is 3.61. The molecule has 0 saturated heterocycles. The van der Waals surface area contributed by atoms with Crippen LogP contribution in [-0.4, -0.2) is 5.11 Å². The highest BCUT2D eigenvalue weighted by Gasteiger charge is 2.01. The molecule has 0 heterocycles. The molecule has 0 spiro atoms. The molecule has 11 heavy (non-hydrogen) atoms. The lowest BCUT2D eigenvalue weighted by atomic mass is 10.1. The standard InChI is InChI=1S/C8H8BrClO/c1-5-2-6(4-11)7(9)3-8(5)10/h2-3,11H,4H2,1H3. The Kier molecular flexibility index (Phi) is 2.93. The highest BCUT2D eigenvalue weighted by atomic mass is 79.9. The zero-order chi connectivity index (χ0) is 8.43. The molecule has 60 valence electrons. The van der Waals surface area contributed by atoms with Crippen LogP contribution in [0.1, 0.15) is 11.1 Å². The second kappa shape index (κ2) is 3.57. The molecule has 3 heteroatoms. The van der Waals surface area contributed by atoms with Crippen LogP contribution >= 0.6 is 27.5 Å². The molecule has 1 N–H and O–H groups in total. The van der Waals surface area contributed by atoms with Crippen LogP contribution in [0.5, 0.6) is 0 Å². The third kappa shape index (κ3) is 1.95. The highest BCUT2D eigenvalue weighted by molar-refractivity contribution is 9.10. The van der Waals surface area contributed by atoms with Gasteiger partial charge in [0, 0.05) is 9.50 Å². The number of aryl methyl sites for hydroxylation is 1. The maximum atomic E-state index is 8.86.